The first-order chi connectivity index (χ1) is 19.2. The van der Waals surface area contributed by atoms with E-state index in [2.05, 4.69) is 45.0 Å². The van der Waals surface area contributed by atoms with Crippen LogP contribution in [0.5, 0.6) is 17.4 Å². The molecular formula is C34H20N3O2PtY-3. The Morgan fingerprint density at radius 1 is 0.732 bits per heavy atom. The SMILES string of the molecule is Oc1ccccc1-c1cccc(Oc2[c-]c3c(cc2)c2ccccc2n3-c2ccc(-c3[c-]cccc3)[c-]n2)n1.[Pt].[Y]. The molecule has 7 heteroatoms. The molecule has 0 bridgehead atoms. The molecule has 7 rings (SSSR count). The first-order valence-electron chi connectivity index (χ1n) is 12.5. The minimum Gasteiger partial charge on any atom is -0.507 e. The Balaban J connectivity index is 0.00000169. The molecule has 0 saturated heterocycles. The number of nitrogens with zero attached hydrogens (tertiary/aromatic N) is 3. The molecule has 0 aliphatic heterocycles. The van der Waals surface area contributed by atoms with Crippen molar-refractivity contribution in [2.75, 3.05) is 0 Å². The Morgan fingerprint density at radius 2 is 1.56 bits per heavy atom. The summed E-state index contributed by atoms with van der Waals surface area (Å²) in [6, 6.07) is 43.2. The molecule has 5 nitrogen and oxygen atoms in total. The summed E-state index contributed by atoms with van der Waals surface area (Å²) in [5.74, 6) is 1.82. The van der Waals surface area contributed by atoms with Crippen LogP contribution in [0.1, 0.15) is 0 Å². The van der Waals surface area contributed by atoms with E-state index < -0.39 is 0 Å². The summed E-state index contributed by atoms with van der Waals surface area (Å²) >= 11 is 0. The maximum atomic E-state index is 10.3. The second-order valence-electron chi connectivity index (χ2n) is 9.02. The Kier molecular flexibility index (Phi) is 8.80. The Hall–Kier alpha value is -3.63. The van der Waals surface area contributed by atoms with Gasteiger partial charge in [0.05, 0.1) is 5.69 Å². The van der Waals surface area contributed by atoms with Crippen molar-refractivity contribution in [3.63, 3.8) is 0 Å². The van der Waals surface area contributed by atoms with Crippen LogP contribution in [0.2, 0.25) is 0 Å². The number of aromatic hydroxyl groups is 1. The van der Waals surface area contributed by atoms with Crippen molar-refractivity contribution >= 4 is 21.8 Å². The standard InChI is InChI=1S/C34H20N3O2.Pt.Y/c38-32-15-7-5-12-28(32)29-13-8-16-34(36-29)39-25-18-19-27-26-11-4-6-14-30(26)37(31(27)21-25)33-20-17-24(22-35-33)23-9-2-1-3-10-23;;/h1-9,11-20,38H;;/q-3;;. The number of benzene rings is 4. The largest absolute Gasteiger partial charge is 0.507 e. The van der Waals surface area contributed by atoms with Crippen molar-refractivity contribution in [3.05, 3.63) is 134 Å². The van der Waals surface area contributed by atoms with Crippen molar-refractivity contribution < 1.29 is 63.6 Å². The zero-order chi connectivity index (χ0) is 26.2. The number of hydrogen-bond acceptors (Lipinski definition) is 4. The monoisotopic (exact) mass is 786 g/mol. The molecule has 4 aromatic carbocycles. The smallest absolute Gasteiger partial charge is 0.217 e. The van der Waals surface area contributed by atoms with E-state index in [-0.39, 0.29) is 59.5 Å². The average Bonchev–Trinajstić information content (AvgIpc) is 3.32. The summed E-state index contributed by atoms with van der Waals surface area (Å²) in [5.41, 5.74) is 4.94. The fraction of sp³-hybridized carbons (Fsp3) is 0. The summed E-state index contributed by atoms with van der Waals surface area (Å²) in [7, 11) is 0. The van der Waals surface area contributed by atoms with E-state index in [9.17, 15) is 5.11 Å². The second kappa shape index (κ2) is 12.5. The Bertz CT molecular complexity index is 1960. The van der Waals surface area contributed by atoms with Gasteiger partial charge in [-0.25, -0.2) is 16.1 Å². The normalized spacial score (nSPS) is 10.6. The van der Waals surface area contributed by atoms with Crippen LogP contribution >= 0.6 is 0 Å². The number of hydrogen-bond donors (Lipinski definition) is 1. The quantitative estimate of drug-likeness (QED) is 0.181. The van der Waals surface area contributed by atoms with Gasteiger partial charge < -0.3 is 19.4 Å². The van der Waals surface area contributed by atoms with E-state index in [1.54, 1.807) is 18.2 Å². The number of pyridine rings is 2. The third-order valence-electron chi connectivity index (χ3n) is 6.59. The molecular weight excluding hydrogens is 766 g/mol. The molecule has 0 fully saturated rings. The maximum absolute atomic E-state index is 10.3. The molecule has 3 heterocycles. The van der Waals surface area contributed by atoms with E-state index in [0.29, 0.717) is 22.9 Å². The van der Waals surface area contributed by atoms with E-state index >= 15 is 0 Å². The first kappa shape index (κ1) is 28.9. The molecule has 0 saturated carbocycles. The topological polar surface area (TPSA) is 60.2 Å². The summed E-state index contributed by atoms with van der Waals surface area (Å²) in [6.07, 6.45) is 3.17. The van der Waals surface area contributed by atoms with Crippen molar-refractivity contribution in [1.82, 2.24) is 14.5 Å². The third-order valence-corrected chi connectivity index (χ3v) is 6.59. The van der Waals surface area contributed by atoms with Crippen molar-refractivity contribution in [3.8, 4) is 45.6 Å². The van der Waals surface area contributed by atoms with Crippen molar-refractivity contribution in [1.29, 1.82) is 0 Å². The van der Waals surface area contributed by atoms with E-state index in [1.165, 1.54) is 0 Å². The molecule has 3 aromatic heterocycles. The Labute approximate surface area is 277 Å². The van der Waals surface area contributed by atoms with Gasteiger partial charge in [-0.05, 0) is 29.7 Å². The number of aromatic nitrogens is 3. The van der Waals surface area contributed by atoms with Gasteiger partial charge >= 0.3 is 0 Å². The number of para-hydroxylation sites is 2. The molecule has 0 spiro atoms. The van der Waals surface area contributed by atoms with Crippen LogP contribution in [0.25, 0.3) is 50.0 Å². The minimum absolute atomic E-state index is 0. The predicted octanol–water partition coefficient (Wildman–Crippen LogP) is 7.80. The van der Waals surface area contributed by atoms with Crippen molar-refractivity contribution in [2.24, 2.45) is 0 Å². The van der Waals surface area contributed by atoms with E-state index in [0.717, 1.165) is 38.8 Å². The summed E-state index contributed by atoms with van der Waals surface area (Å²) in [6.45, 7) is 0. The van der Waals surface area contributed by atoms with Crippen LogP contribution in [0.15, 0.2) is 115 Å². The zero-order valence-electron chi connectivity index (χ0n) is 21.6. The maximum Gasteiger partial charge on any atom is 0.217 e. The van der Waals surface area contributed by atoms with Gasteiger partial charge in [-0.3, -0.25) is 0 Å². The molecule has 1 N–H and O–H groups in total. The first-order valence-corrected chi connectivity index (χ1v) is 12.5. The Morgan fingerprint density at radius 3 is 2.37 bits per heavy atom. The third kappa shape index (κ3) is 5.63. The molecule has 7 aromatic rings. The van der Waals surface area contributed by atoms with Crippen LogP contribution < -0.4 is 4.74 Å². The fourth-order valence-corrected chi connectivity index (χ4v) is 4.78. The summed E-state index contributed by atoms with van der Waals surface area (Å²) in [4.78, 5) is 9.30. The second-order valence-corrected chi connectivity index (χ2v) is 9.02. The number of fused-ring (bicyclic) bond motifs is 3. The number of ether oxygens (including phenoxy) is 1. The molecule has 0 atom stereocenters. The molecule has 0 aliphatic carbocycles. The molecule has 0 amide bonds. The zero-order valence-corrected chi connectivity index (χ0v) is 26.7. The number of phenolic OH excluding ortho intramolecular Hbond substituents is 1. The van der Waals surface area contributed by atoms with Gasteiger partial charge in [0.1, 0.15) is 5.75 Å². The summed E-state index contributed by atoms with van der Waals surface area (Å²) in [5, 5.41) is 12.4. The molecule has 41 heavy (non-hydrogen) atoms. The van der Waals surface area contributed by atoms with E-state index in [4.69, 9.17) is 4.74 Å². The fourth-order valence-electron chi connectivity index (χ4n) is 4.78. The average molecular weight is 787 g/mol. The van der Waals surface area contributed by atoms with Crippen LogP contribution in [-0.4, -0.2) is 19.6 Å². The van der Waals surface area contributed by atoms with Gasteiger partial charge in [0.25, 0.3) is 0 Å². The van der Waals surface area contributed by atoms with Gasteiger partial charge in [-0.1, -0.05) is 48.1 Å². The van der Waals surface area contributed by atoms with Gasteiger partial charge in [0.2, 0.25) is 5.88 Å². The molecule has 0 unspecified atom stereocenters. The molecule has 0 aliphatic rings. The van der Waals surface area contributed by atoms with Crippen LogP contribution in [0.3, 0.4) is 0 Å². The van der Waals surface area contributed by atoms with Crippen LogP contribution in [0, 0.1) is 18.3 Å². The van der Waals surface area contributed by atoms with Gasteiger partial charge in [0, 0.05) is 82.5 Å². The summed E-state index contributed by atoms with van der Waals surface area (Å²) < 4.78 is 8.23. The minimum atomic E-state index is 0. The van der Waals surface area contributed by atoms with Crippen LogP contribution in [0.4, 0.5) is 0 Å². The number of rotatable bonds is 5. The van der Waals surface area contributed by atoms with Gasteiger partial charge in [0.15, 0.2) is 0 Å². The van der Waals surface area contributed by atoms with Crippen molar-refractivity contribution in [2.45, 2.75) is 0 Å². The number of phenols is 1. The molecule has 1 radical (unpaired) electrons. The predicted molar refractivity (Wildman–Crippen MR) is 152 cm³/mol. The van der Waals surface area contributed by atoms with Gasteiger partial charge in [-0.15, -0.1) is 29.7 Å². The van der Waals surface area contributed by atoms with Crippen LogP contribution in [-0.2, 0) is 53.8 Å². The molecule has 199 valence electrons. The van der Waals surface area contributed by atoms with Gasteiger partial charge in [-0.2, -0.15) is 36.4 Å². The van der Waals surface area contributed by atoms with E-state index in [1.807, 2.05) is 84.9 Å².